The summed E-state index contributed by atoms with van der Waals surface area (Å²) in [5.41, 5.74) is 4.59. The number of nitrogens with two attached hydrogens (primary N) is 1. The van der Waals surface area contributed by atoms with Gasteiger partial charge in [-0.2, -0.15) is 0 Å². The molecule has 0 aromatic heterocycles. The lowest BCUT2D eigenvalue weighted by atomic mass is 9.96. The summed E-state index contributed by atoms with van der Waals surface area (Å²) in [7, 11) is 0. The third-order valence-electron chi connectivity index (χ3n) is 2.90. The van der Waals surface area contributed by atoms with Crippen molar-refractivity contribution in [1.82, 2.24) is 4.90 Å². The van der Waals surface area contributed by atoms with Gasteiger partial charge in [0.25, 0.3) is 0 Å². The SMILES string of the molecule is CCCN(CC)CCCCC(C)(N)C(=O)O. The van der Waals surface area contributed by atoms with Crippen LogP contribution >= 0.6 is 0 Å². The van der Waals surface area contributed by atoms with E-state index in [1.807, 2.05) is 0 Å². The minimum absolute atomic E-state index is 0.548. The van der Waals surface area contributed by atoms with Crippen molar-refractivity contribution in [2.45, 2.75) is 52.0 Å². The van der Waals surface area contributed by atoms with Crippen LogP contribution in [0.15, 0.2) is 0 Å². The molecule has 0 aliphatic heterocycles. The van der Waals surface area contributed by atoms with Gasteiger partial charge in [-0.25, -0.2) is 0 Å². The summed E-state index contributed by atoms with van der Waals surface area (Å²) in [6.07, 6.45) is 3.61. The molecule has 0 amide bonds. The van der Waals surface area contributed by atoms with Crippen molar-refractivity contribution >= 4 is 5.97 Å². The fraction of sp³-hybridized carbons (Fsp3) is 0.917. The zero-order valence-electron chi connectivity index (χ0n) is 10.8. The van der Waals surface area contributed by atoms with E-state index in [0.29, 0.717) is 6.42 Å². The van der Waals surface area contributed by atoms with Gasteiger partial charge in [0.2, 0.25) is 0 Å². The second kappa shape index (κ2) is 7.63. The molecular formula is C12H26N2O2. The summed E-state index contributed by atoms with van der Waals surface area (Å²) in [6, 6.07) is 0. The van der Waals surface area contributed by atoms with E-state index in [1.165, 1.54) is 0 Å². The Labute approximate surface area is 98.8 Å². The number of carbonyl (C=O) groups is 1. The maximum Gasteiger partial charge on any atom is 0.323 e. The summed E-state index contributed by atoms with van der Waals surface area (Å²) in [6.45, 7) is 9.13. The molecule has 0 heterocycles. The molecule has 0 bridgehead atoms. The van der Waals surface area contributed by atoms with Crippen molar-refractivity contribution in [3.05, 3.63) is 0 Å². The largest absolute Gasteiger partial charge is 0.480 e. The highest BCUT2D eigenvalue weighted by molar-refractivity contribution is 5.77. The van der Waals surface area contributed by atoms with Crippen molar-refractivity contribution in [3.8, 4) is 0 Å². The number of hydrogen-bond acceptors (Lipinski definition) is 3. The van der Waals surface area contributed by atoms with Crippen molar-refractivity contribution in [1.29, 1.82) is 0 Å². The first kappa shape index (κ1) is 15.4. The van der Waals surface area contributed by atoms with Crippen LogP contribution in [0.3, 0.4) is 0 Å². The van der Waals surface area contributed by atoms with Gasteiger partial charge in [-0.1, -0.05) is 13.8 Å². The topological polar surface area (TPSA) is 66.6 Å². The third kappa shape index (κ3) is 6.08. The minimum atomic E-state index is -1.07. The first-order valence-electron chi connectivity index (χ1n) is 6.18. The lowest BCUT2D eigenvalue weighted by Gasteiger charge is -2.21. The summed E-state index contributed by atoms with van der Waals surface area (Å²) < 4.78 is 0. The number of carboxylic acid groups (broad SMARTS) is 1. The number of aliphatic carboxylic acids is 1. The Morgan fingerprint density at radius 1 is 1.31 bits per heavy atom. The van der Waals surface area contributed by atoms with E-state index in [0.717, 1.165) is 38.9 Å². The predicted octanol–water partition coefficient (Wildman–Crippen LogP) is 1.69. The Hall–Kier alpha value is -0.610. The fourth-order valence-electron chi connectivity index (χ4n) is 1.68. The molecule has 0 aliphatic carbocycles. The van der Waals surface area contributed by atoms with Crippen LogP contribution in [-0.4, -0.2) is 41.1 Å². The second-order valence-corrected chi connectivity index (χ2v) is 4.61. The summed E-state index contributed by atoms with van der Waals surface area (Å²) in [4.78, 5) is 13.2. The van der Waals surface area contributed by atoms with E-state index in [2.05, 4.69) is 18.7 Å². The van der Waals surface area contributed by atoms with E-state index in [1.54, 1.807) is 6.92 Å². The molecule has 1 atom stereocenters. The average molecular weight is 230 g/mol. The van der Waals surface area contributed by atoms with Crippen LogP contribution in [0.1, 0.15) is 46.5 Å². The van der Waals surface area contributed by atoms with Gasteiger partial charge in [-0.05, 0) is 52.2 Å². The molecule has 3 N–H and O–H groups in total. The van der Waals surface area contributed by atoms with E-state index < -0.39 is 11.5 Å². The summed E-state index contributed by atoms with van der Waals surface area (Å²) in [5, 5.41) is 8.84. The maximum atomic E-state index is 10.8. The van der Waals surface area contributed by atoms with Gasteiger partial charge in [0.15, 0.2) is 0 Å². The van der Waals surface area contributed by atoms with Gasteiger partial charge in [0.05, 0.1) is 0 Å². The highest BCUT2D eigenvalue weighted by Crippen LogP contribution is 2.11. The Kier molecular flexibility index (Phi) is 7.34. The quantitative estimate of drug-likeness (QED) is 0.592. The molecule has 0 rings (SSSR count). The first-order chi connectivity index (χ1) is 7.44. The van der Waals surface area contributed by atoms with Gasteiger partial charge < -0.3 is 15.7 Å². The van der Waals surface area contributed by atoms with Crippen molar-refractivity contribution in [3.63, 3.8) is 0 Å². The first-order valence-corrected chi connectivity index (χ1v) is 6.18. The number of unbranched alkanes of at least 4 members (excludes halogenated alkanes) is 1. The van der Waals surface area contributed by atoms with E-state index >= 15 is 0 Å². The third-order valence-corrected chi connectivity index (χ3v) is 2.90. The van der Waals surface area contributed by atoms with E-state index in [-0.39, 0.29) is 0 Å². The van der Waals surface area contributed by atoms with Gasteiger partial charge in [-0.15, -0.1) is 0 Å². The summed E-state index contributed by atoms with van der Waals surface area (Å²) in [5.74, 6) is -0.909. The van der Waals surface area contributed by atoms with Crippen molar-refractivity contribution < 1.29 is 9.90 Å². The molecule has 0 spiro atoms. The standard InChI is InChI=1S/C12H26N2O2/c1-4-9-14(5-2)10-7-6-8-12(3,13)11(15)16/h4-10,13H2,1-3H3,(H,15,16). The maximum absolute atomic E-state index is 10.8. The number of nitrogens with zero attached hydrogens (tertiary/aromatic N) is 1. The van der Waals surface area contributed by atoms with Gasteiger partial charge in [0.1, 0.15) is 5.54 Å². The van der Waals surface area contributed by atoms with Crippen LogP contribution in [0.4, 0.5) is 0 Å². The summed E-state index contributed by atoms with van der Waals surface area (Å²) >= 11 is 0. The molecule has 0 aliphatic rings. The molecular weight excluding hydrogens is 204 g/mol. The van der Waals surface area contributed by atoms with Gasteiger partial charge >= 0.3 is 5.97 Å². The molecule has 0 aromatic rings. The van der Waals surface area contributed by atoms with Crippen LogP contribution in [0.2, 0.25) is 0 Å². The predicted molar refractivity (Wildman–Crippen MR) is 66.5 cm³/mol. The van der Waals surface area contributed by atoms with Gasteiger partial charge in [0, 0.05) is 0 Å². The van der Waals surface area contributed by atoms with E-state index in [4.69, 9.17) is 10.8 Å². The zero-order chi connectivity index (χ0) is 12.6. The molecule has 4 heteroatoms. The molecule has 96 valence electrons. The van der Waals surface area contributed by atoms with E-state index in [9.17, 15) is 4.79 Å². The molecule has 0 saturated heterocycles. The number of carboxylic acids is 1. The Morgan fingerprint density at radius 2 is 1.94 bits per heavy atom. The second-order valence-electron chi connectivity index (χ2n) is 4.61. The van der Waals surface area contributed by atoms with Gasteiger partial charge in [-0.3, -0.25) is 4.79 Å². The number of rotatable bonds is 9. The Morgan fingerprint density at radius 3 is 2.38 bits per heavy atom. The normalized spacial score (nSPS) is 15.1. The van der Waals surface area contributed by atoms with Crippen molar-refractivity contribution in [2.24, 2.45) is 5.73 Å². The average Bonchev–Trinajstić information content (AvgIpc) is 2.22. The molecule has 4 nitrogen and oxygen atoms in total. The van der Waals surface area contributed by atoms with Crippen molar-refractivity contribution in [2.75, 3.05) is 19.6 Å². The monoisotopic (exact) mass is 230 g/mol. The van der Waals surface area contributed by atoms with Crippen LogP contribution in [0.25, 0.3) is 0 Å². The van der Waals surface area contributed by atoms with Crippen LogP contribution in [-0.2, 0) is 4.79 Å². The van der Waals surface area contributed by atoms with Crippen LogP contribution in [0.5, 0.6) is 0 Å². The fourth-order valence-corrected chi connectivity index (χ4v) is 1.68. The smallest absolute Gasteiger partial charge is 0.323 e. The highest BCUT2D eigenvalue weighted by Gasteiger charge is 2.26. The lowest BCUT2D eigenvalue weighted by Crippen LogP contribution is -2.44. The molecule has 0 radical (unpaired) electrons. The van der Waals surface area contributed by atoms with Crippen LogP contribution in [0, 0.1) is 0 Å². The highest BCUT2D eigenvalue weighted by atomic mass is 16.4. The van der Waals surface area contributed by atoms with Crippen LogP contribution < -0.4 is 5.73 Å². The number of hydrogen-bond donors (Lipinski definition) is 2. The lowest BCUT2D eigenvalue weighted by molar-refractivity contribution is -0.142. The zero-order valence-corrected chi connectivity index (χ0v) is 10.8. The molecule has 0 saturated carbocycles. The minimum Gasteiger partial charge on any atom is -0.480 e. The molecule has 1 unspecified atom stereocenters. The Balaban J connectivity index is 3.70. The Bertz CT molecular complexity index is 205. The molecule has 16 heavy (non-hydrogen) atoms. The molecule has 0 aromatic carbocycles. The molecule has 0 fully saturated rings.